The molecule has 0 radical (unpaired) electrons. The zero-order valence-electron chi connectivity index (χ0n) is 18.2. The first-order valence-corrected chi connectivity index (χ1v) is 10.3. The van der Waals surface area contributed by atoms with Gasteiger partial charge in [-0.1, -0.05) is 12.1 Å². The van der Waals surface area contributed by atoms with Gasteiger partial charge in [0.2, 0.25) is 12.0 Å². The van der Waals surface area contributed by atoms with Crippen LogP contribution in [0.4, 0.5) is 0 Å². The largest absolute Gasteiger partial charge is 0.507 e. The van der Waals surface area contributed by atoms with Crippen LogP contribution in [0, 0.1) is 0 Å². The highest BCUT2D eigenvalue weighted by Crippen LogP contribution is 2.43. The molecule has 5 N–H and O–H groups in total. The van der Waals surface area contributed by atoms with Crippen molar-refractivity contribution < 1.29 is 48.9 Å². The number of hydrogen-bond acceptors (Lipinski definition) is 11. The lowest BCUT2D eigenvalue weighted by atomic mass is 9.99. The van der Waals surface area contributed by atoms with Crippen LogP contribution in [0.2, 0.25) is 0 Å². The first-order valence-electron chi connectivity index (χ1n) is 10.3. The van der Waals surface area contributed by atoms with Crippen LogP contribution in [-0.2, 0) is 4.74 Å². The van der Waals surface area contributed by atoms with Gasteiger partial charge in [-0.2, -0.15) is 0 Å². The first-order chi connectivity index (χ1) is 16.3. The van der Waals surface area contributed by atoms with Crippen LogP contribution in [-0.4, -0.2) is 77.1 Å². The molecule has 1 aromatic heterocycles. The number of fused-ring (bicyclic) bond motifs is 1. The van der Waals surface area contributed by atoms with Crippen molar-refractivity contribution in [2.75, 3.05) is 20.8 Å². The van der Waals surface area contributed by atoms with Crippen molar-refractivity contribution in [1.82, 2.24) is 0 Å². The Kier molecular flexibility index (Phi) is 6.64. The predicted molar refractivity (Wildman–Crippen MR) is 117 cm³/mol. The van der Waals surface area contributed by atoms with Gasteiger partial charge in [0.25, 0.3) is 0 Å². The minimum absolute atomic E-state index is 0.0564. The molecule has 34 heavy (non-hydrogen) atoms. The van der Waals surface area contributed by atoms with E-state index in [0.29, 0.717) is 0 Å². The highest BCUT2D eigenvalue weighted by Gasteiger charge is 2.45. The molecule has 2 heterocycles. The maximum Gasteiger partial charge on any atom is 0.229 e. The summed E-state index contributed by atoms with van der Waals surface area (Å²) in [5.74, 6) is 0.0142. The molecule has 0 saturated carbocycles. The third kappa shape index (κ3) is 4.04. The van der Waals surface area contributed by atoms with Crippen molar-refractivity contribution in [3.63, 3.8) is 0 Å². The number of rotatable bonds is 6. The number of ether oxygens (including phenoxy) is 4. The molecule has 0 amide bonds. The highest BCUT2D eigenvalue weighted by atomic mass is 16.7. The van der Waals surface area contributed by atoms with E-state index in [2.05, 4.69) is 0 Å². The van der Waals surface area contributed by atoms with E-state index in [4.69, 9.17) is 23.4 Å². The standard InChI is InChI=1S/C23H24O11/c1-30-15-8-14(33-23-20(29)19(28)18(27)16(9-24)34-23)17-12(26)7-13(32-22(17)21(15)31-2)10-5-3-4-6-11(10)25/h3-8,16,18-20,23-25,27-29H,9H2,1-2H3. The average Bonchev–Trinajstić information content (AvgIpc) is 2.83. The monoisotopic (exact) mass is 476 g/mol. The van der Waals surface area contributed by atoms with Gasteiger partial charge in [0.05, 0.1) is 26.4 Å². The number of hydrogen-bond donors (Lipinski definition) is 5. The highest BCUT2D eigenvalue weighted by molar-refractivity contribution is 5.92. The molecule has 1 saturated heterocycles. The Morgan fingerprint density at radius 2 is 1.71 bits per heavy atom. The summed E-state index contributed by atoms with van der Waals surface area (Å²) >= 11 is 0. The molecule has 1 fully saturated rings. The summed E-state index contributed by atoms with van der Waals surface area (Å²) in [4.78, 5) is 13.2. The predicted octanol–water partition coefficient (Wildman–Crippen LogP) is 0.361. The number of phenols is 1. The number of aromatic hydroxyl groups is 1. The van der Waals surface area contributed by atoms with Crippen molar-refractivity contribution in [2.45, 2.75) is 30.7 Å². The van der Waals surface area contributed by atoms with E-state index in [1.54, 1.807) is 18.2 Å². The number of benzene rings is 2. The van der Waals surface area contributed by atoms with Gasteiger partial charge in [0.1, 0.15) is 47.1 Å². The van der Waals surface area contributed by atoms with Crippen molar-refractivity contribution in [3.05, 3.63) is 46.6 Å². The number of para-hydroxylation sites is 1. The summed E-state index contributed by atoms with van der Waals surface area (Å²) in [5.41, 5.74) is -0.366. The van der Waals surface area contributed by atoms with E-state index in [-0.39, 0.29) is 45.3 Å². The zero-order valence-corrected chi connectivity index (χ0v) is 18.2. The second-order valence-corrected chi connectivity index (χ2v) is 7.62. The number of phenolic OH excluding ortho intramolecular Hbond substituents is 1. The van der Waals surface area contributed by atoms with E-state index < -0.39 is 42.7 Å². The van der Waals surface area contributed by atoms with Gasteiger partial charge in [0.15, 0.2) is 16.8 Å². The summed E-state index contributed by atoms with van der Waals surface area (Å²) in [5, 5.41) is 49.9. The molecule has 2 aromatic carbocycles. The summed E-state index contributed by atoms with van der Waals surface area (Å²) in [7, 11) is 2.70. The Hall–Kier alpha value is -3.35. The Balaban J connectivity index is 1.88. The normalized spacial score (nSPS) is 24.7. The lowest BCUT2D eigenvalue weighted by Gasteiger charge is -2.39. The molecular formula is C23H24O11. The van der Waals surface area contributed by atoms with Gasteiger partial charge in [-0.3, -0.25) is 4.79 Å². The van der Waals surface area contributed by atoms with Crippen LogP contribution in [0.1, 0.15) is 0 Å². The molecule has 3 aromatic rings. The van der Waals surface area contributed by atoms with E-state index in [0.717, 1.165) is 6.07 Å². The SMILES string of the molecule is COc1cc(OC2OC(CO)C(O)C(O)C2O)c2c(=O)cc(-c3ccccc3O)oc2c1OC. The molecule has 182 valence electrons. The van der Waals surface area contributed by atoms with Gasteiger partial charge >= 0.3 is 0 Å². The van der Waals surface area contributed by atoms with Gasteiger partial charge < -0.3 is 48.9 Å². The Labute approximate surface area is 192 Å². The van der Waals surface area contributed by atoms with E-state index in [1.807, 2.05) is 0 Å². The average molecular weight is 476 g/mol. The van der Waals surface area contributed by atoms with Crippen molar-refractivity contribution in [3.8, 4) is 34.3 Å². The van der Waals surface area contributed by atoms with Gasteiger partial charge in [-0.25, -0.2) is 0 Å². The Morgan fingerprint density at radius 1 is 0.971 bits per heavy atom. The minimum atomic E-state index is -1.70. The molecule has 11 nitrogen and oxygen atoms in total. The zero-order chi connectivity index (χ0) is 24.6. The molecule has 0 spiro atoms. The minimum Gasteiger partial charge on any atom is -0.507 e. The van der Waals surface area contributed by atoms with E-state index in [9.17, 15) is 30.3 Å². The van der Waals surface area contributed by atoms with E-state index >= 15 is 0 Å². The molecular weight excluding hydrogens is 452 g/mol. The number of aliphatic hydroxyl groups excluding tert-OH is 4. The maximum absolute atomic E-state index is 13.2. The molecule has 5 unspecified atom stereocenters. The van der Waals surface area contributed by atoms with Gasteiger partial charge in [0, 0.05) is 12.1 Å². The summed E-state index contributed by atoms with van der Waals surface area (Å²) in [6, 6.07) is 8.76. The summed E-state index contributed by atoms with van der Waals surface area (Å²) < 4.78 is 27.8. The summed E-state index contributed by atoms with van der Waals surface area (Å²) in [6.07, 6.45) is -7.71. The fraction of sp³-hybridized carbons (Fsp3) is 0.348. The van der Waals surface area contributed by atoms with E-state index in [1.165, 1.54) is 26.4 Å². The fourth-order valence-electron chi connectivity index (χ4n) is 3.80. The number of methoxy groups -OCH3 is 2. The molecule has 5 atom stereocenters. The number of aliphatic hydroxyl groups is 4. The van der Waals surface area contributed by atoms with Crippen molar-refractivity contribution in [1.29, 1.82) is 0 Å². The molecule has 11 heteroatoms. The van der Waals surface area contributed by atoms with Crippen LogP contribution >= 0.6 is 0 Å². The third-order valence-electron chi connectivity index (χ3n) is 5.57. The first kappa shape index (κ1) is 23.8. The second-order valence-electron chi connectivity index (χ2n) is 7.62. The lowest BCUT2D eigenvalue weighted by Crippen LogP contribution is -2.60. The fourth-order valence-corrected chi connectivity index (χ4v) is 3.80. The lowest BCUT2D eigenvalue weighted by molar-refractivity contribution is -0.277. The van der Waals surface area contributed by atoms with Crippen LogP contribution in [0.3, 0.4) is 0 Å². The van der Waals surface area contributed by atoms with Crippen molar-refractivity contribution >= 4 is 11.0 Å². The molecule has 0 aliphatic carbocycles. The van der Waals surface area contributed by atoms with Gasteiger partial charge in [-0.05, 0) is 12.1 Å². The molecule has 4 rings (SSSR count). The topological polar surface area (TPSA) is 168 Å². The van der Waals surface area contributed by atoms with Crippen LogP contribution in [0.5, 0.6) is 23.0 Å². The second kappa shape index (κ2) is 9.49. The molecule has 1 aliphatic heterocycles. The molecule has 1 aliphatic rings. The van der Waals surface area contributed by atoms with Crippen molar-refractivity contribution in [2.24, 2.45) is 0 Å². The van der Waals surface area contributed by atoms with Crippen LogP contribution in [0.15, 0.2) is 45.6 Å². The molecule has 0 bridgehead atoms. The van der Waals surface area contributed by atoms with Crippen LogP contribution in [0.25, 0.3) is 22.3 Å². The summed E-state index contributed by atoms with van der Waals surface area (Å²) in [6.45, 7) is -0.649. The third-order valence-corrected chi connectivity index (χ3v) is 5.57. The quantitative estimate of drug-likeness (QED) is 0.333. The van der Waals surface area contributed by atoms with Gasteiger partial charge in [-0.15, -0.1) is 0 Å². The Bertz CT molecular complexity index is 1240. The maximum atomic E-state index is 13.2. The Morgan fingerprint density at radius 3 is 2.35 bits per heavy atom. The smallest absolute Gasteiger partial charge is 0.229 e. The van der Waals surface area contributed by atoms with Crippen LogP contribution < -0.4 is 19.6 Å².